The van der Waals surface area contributed by atoms with Crippen LogP contribution < -0.4 is 32.3 Å². The Balaban J connectivity index is 1.33. The van der Waals surface area contributed by atoms with E-state index in [0.717, 1.165) is 10.9 Å². The average Bonchev–Trinajstić information content (AvgIpc) is 3.65. The molecule has 5 rings (SSSR count). The van der Waals surface area contributed by atoms with E-state index in [1.165, 1.54) is 36.4 Å². The van der Waals surface area contributed by atoms with Crippen molar-refractivity contribution < 1.29 is 44.1 Å². The molecule has 0 unspecified atom stereocenters. The molecule has 5 atom stereocenters. The zero-order valence-electron chi connectivity index (χ0n) is 33.8. The van der Waals surface area contributed by atoms with Crippen LogP contribution in [0.15, 0.2) is 109 Å². The maximum atomic E-state index is 14.3. The Labute approximate surface area is 352 Å². The Kier molecular flexibility index (Phi) is 15.6. The molecule has 1 aromatic heterocycles. The van der Waals surface area contributed by atoms with Crippen LogP contribution in [0.5, 0.6) is 11.5 Å². The Hall–Kier alpha value is -7.20. The molecule has 0 bridgehead atoms. The van der Waals surface area contributed by atoms with E-state index in [0.29, 0.717) is 22.3 Å². The molecule has 5 aromatic rings. The fourth-order valence-electron chi connectivity index (χ4n) is 6.70. The summed E-state index contributed by atoms with van der Waals surface area (Å²) in [6.45, 7) is 2.85. The molecule has 61 heavy (non-hydrogen) atoms. The fourth-order valence-corrected chi connectivity index (χ4v) is 6.70. The Morgan fingerprint density at radius 1 is 0.590 bits per heavy atom. The second-order valence-corrected chi connectivity index (χ2v) is 15.1. The van der Waals surface area contributed by atoms with Gasteiger partial charge < -0.3 is 52.6 Å². The first-order valence-electron chi connectivity index (χ1n) is 19.8. The number of aliphatic carboxylic acids is 1. The number of benzene rings is 4. The molecule has 4 aromatic carbocycles. The lowest BCUT2D eigenvalue weighted by molar-refractivity contribution is -0.142. The number of hydrogen-bond acceptors (Lipinski definition) is 9. The highest BCUT2D eigenvalue weighted by Crippen LogP contribution is 2.20. The number of carboxylic acids is 1. The van der Waals surface area contributed by atoms with Crippen LogP contribution >= 0.6 is 0 Å². The van der Waals surface area contributed by atoms with E-state index in [2.05, 4.69) is 31.6 Å². The van der Waals surface area contributed by atoms with Gasteiger partial charge in [0.15, 0.2) is 0 Å². The minimum Gasteiger partial charge on any atom is -0.508 e. The van der Waals surface area contributed by atoms with Crippen LogP contribution in [-0.2, 0) is 54.5 Å². The number of rotatable bonds is 20. The molecule has 5 amide bonds. The highest BCUT2D eigenvalue weighted by molar-refractivity contribution is 5.96. The summed E-state index contributed by atoms with van der Waals surface area (Å²) in [4.78, 5) is 83.7. The molecule has 0 saturated heterocycles. The molecule has 16 nitrogen and oxygen atoms in total. The first-order chi connectivity index (χ1) is 29.2. The standard InChI is InChI=1S/C45H51N7O9/c1-26(2)40(44(59)51-38(45(60)61)22-29-14-18-32(54)19-15-29)52-43(58)37(23-30-24-47-35-11-7-6-10-33(30)35)50-42(57)36(21-27-8-4-3-5-9-27)49-39(55)25-48-41(56)34(46)20-28-12-16-31(53)17-13-28/h3-19,24,26,34,36-38,40,47,53-54H,20-23,25,46H2,1-2H3,(H,48,56)(H,49,55)(H,50,57)(H,51,59)(H,52,58)(H,60,61)/t34-,36-,37-,38-,40-/m0/s1. The number of carboxylic acid groups (broad SMARTS) is 1. The summed E-state index contributed by atoms with van der Waals surface area (Å²) in [7, 11) is 0. The zero-order valence-corrected chi connectivity index (χ0v) is 33.8. The van der Waals surface area contributed by atoms with Crippen LogP contribution in [0, 0.1) is 5.92 Å². The van der Waals surface area contributed by atoms with Gasteiger partial charge >= 0.3 is 5.97 Å². The molecule has 0 aliphatic rings. The van der Waals surface area contributed by atoms with E-state index in [1.807, 2.05) is 24.3 Å². The minimum atomic E-state index is -1.36. The van der Waals surface area contributed by atoms with Crippen LogP contribution in [0.4, 0.5) is 0 Å². The Morgan fingerprint density at radius 3 is 1.74 bits per heavy atom. The molecule has 0 fully saturated rings. The third-order valence-corrected chi connectivity index (χ3v) is 10.1. The highest BCUT2D eigenvalue weighted by Gasteiger charge is 2.33. The number of phenols is 2. The number of H-pyrrole nitrogens is 1. The second kappa shape index (κ2) is 21.2. The summed E-state index contributed by atoms with van der Waals surface area (Å²) >= 11 is 0. The van der Waals surface area contributed by atoms with Crippen molar-refractivity contribution in [1.82, 2.24) is 31.6 Å². The molecule has 1 heterocycles. The first kappa shape index (κ1) is 44.9. The Morgan fingerprint density at radius 2 is 1.11 bits per heavy atom. The van der Waals surface area contributed by atoms with E-state index < -0.39 is 78.2 Å². The van der Waals surface area contributed by atoms with Gasteiger partial charge in [-0.3, -0.25) is 24.0 Å². The van der Waals surface area contributed by atoms with Gasteiger partial charge in [-0.2, -0.15) is 0 Å². The molecule has 16 heteroatoms. The number of carbonyl (C=O) groups is 6. The van der Waals surface area contributed by atoms with Crippen molar-refractivity contribution in [2.24, 2.45) is 11.7 Å². The molecule has 320 valence electrons. The van der Waals surface area contributed by atoms with Crippen molar-refractivity contribution >= 4 is 46.4 Å². The predicted octanol–water partition coefficient (Wildman–Crippen LogP) is 1.97. The van der Waals surface area contributed by atoms with Crippen LogP contribution in [0.25, 0.3) is 10.9 Å². The number of fused-ring (bicyclic) bond motifs is 1. The van der Waals surface area contributed by atoms with E-state index in [9.17, 15) is 44.1 Å². The molecule has 0 aliphatic carbocycles. The lowest BCUT2D eigenvalue weighted by Crippen LogP contribution is -2.60. The van der Waals surface area contributed by atoms with Gasteiger partial charge in [0.25, 0.3) is 0 Å². The number of hydrogen-bond donors (Lipinski definition) is 10. The number of phenolic OH excluding ortho intramolecular Hbond substituents is 2. The maximum absolute atomic E-state index is 14.3. The van der Waals surface area contributed by atoms with Crippen molar-refractivity contribution in [3.8, 4) is 11.5 Å². The van der Waals surface area contributed by atoms with Gasteiger partial charge in [0.2, 0.25) is 29.5 Å². The number of aromatic nitrogens is 1. The lowest BCUT2D eigenvalue weighted by atomic mass is 9.99. The van der Waals surface area contributed by atoms with Crippen molar-refractivity contribution in [1.29, 1.82) is 0 Å². The van der Waals surface area contributed by atoms with Gasteiger partial charge in [0.1, 0.15) is 35.7 Å². The Bertz CT molecular complexity index is 2300. The van der Waals surface area contributed by atoms with Crippen molar-refractivity contribution in [3.63, 3.8) is 0 Å². The number of aromatic hydroxyl groups is 2. The summed E-state index contributed by atoms with van der Waals surface area (Å²) in [5, 5.41) is 43.1. The van der Waals surface area contributed by atoms with Gasteiger partial charge in [-0.25, -0.2) is 4.79 Å². The number of nitrogens with one attached hydrogen (secondary N) is 6. The minimum absolute atomic E-state index is 0.00161. The number of amides is 5. The van der Waals surface area contributed by atoms with Crippen molar-refractivity contribution in [3.05, 3.63) is 132 Å². The number of aromatic amines is 1. The average molecular weight is 834 g/mol. The summed E-state index contributed by atoms with van der Waals surface area (Å²) < 4.78 is 0. The summed E-state index contributed by atoms with van der Waals surface area (Å²) in [6.07, 6.45) is 1.75. The molecular weight excluding hydrogens is 783 g/mol. The summed E-state index contributed by atoms with van der Waals surface area (Å²) in [5.74, 6) is -5.29. The maximum Gasteiger partial charge on any atom is 0.326 e. The predicted molar refractivity (Wildman–Crippen MR) is 227 cm³/mol. The number of para-hydroxylation sites is 1. The molecule has 0 aliphatic heterocycles. The van der Waals surface area contributed by atoms with Gasteiger partial charge in [-0.05, 0) is 64.9 Å². The second-order valence-electron chi connectivity index (χ2n) is 15.1. The largest absolute Gasteiger partial charge is 0.508 e. The monoisotopic (exact) mass is 833 g/mol. The third-order valence-electron chi connectivity index (χ3n) is 10.1. The highest BCUT2D eigenvalue weighted by atomic mass is 16.4. The molecule has 0 saturated carbocycles. The number of carbonyl (C=O) groups excluding carboxylic acids is 5. The summed E-state index contributed by atoms with van der Waals surface area (Å²) in [6, 6.07) is 22.2. The van der Waals surface area contributed by atoms with Crippen LogP contribution in [-0.4, -0.2) is 92.6 Å². The fraction of sp³-hybridized carbons (Fsp3) is 0.289. The van der Waals surface area contributed by atoms with Crippen LogP contribution in [0.1, 0.15) is 36.1 Å². The number of nitrogens with two attached hydrogens (primary N) is 1. The zero-order chi connectivity index (χ0) is 44.1. The van der Waals surface area contributed by atoms with E-state index in [4.69, 9.17) is 5.73 Å². The van der Waals surface area contributed by atoms with E-state index in [1.54, 1.807) is 62.5 Å². The van der Waals surface area contributed by atoms with E-state index in [-0.39, 0.29) is 37.2 Å². The van der Waals surface area contributed by atoms with Crippen LogP contribution in [0.3, 0.4) is 0 Å². The van der Waals surface area contributed by atoms with E-state index >= 15 is 0 Å². The summed E-state index contributed by atoms with van der Waals surface area (Å²) in [5.41, 5.74) is 9.48. The topological polar surface area (TPSA) is 265 Å². The normalized spacial score (nSPS) is 13.6. The van der Waals surface area contributed by atoms with Crippen LogP contribution in [0.2, 0.25) is 0 Å². The SMILES string of the molecule is CC(C)[C@H](NC(=O)[C@H](Cc1c[nH]c2ccccc12)NC(=O)[C@H](Cc1ccccc1)NC(=O)CNC(=O)[C@@H](N)Cc1ccc(O)cc1)C(=O)N[C@@H](Cc1ccc(O)cc1)C(=O)O. The van der Waals surface area contributed by atoms with Gasteiger partial charge in [0.05, 0.1) is 12.6 Å². The lowest BCUT2D eigenvalue weighted by Gasteiger charge is -2.28. The molecular formula is C45H51N7O9. The third kappa shape index (κ3) is 13.1. The smallest absolute Gasteiger partial charge is 0.326 e. The van der Waals surface area contributed by atoms with Gasteiger partial charge in [-0.1, -0.05) is 86.6 Å². The quantitative estimate of drug-likeness (QED) is 0.0545. The molecule has 0 radical (unpaired) electrons. The first-order valence-corrected chi connectivity index (χ1v) is 19.8. The molecule has 11 N–H and O–H groups in total. The van der Waals surface area contributed by atoms with Crippen molar-refractivity contribution in [2.75, 3.05) is 6.54 Å². The van der Waals surface area contributed by atoms with Gasteiger partial charge in [-0.15, -0.1) is 0 Å². The van der Waals surface area contributed by atoms with Crippen molar-refractivity contribution in [2.45, 2.75) is 69.7 Å². The van der Waals surface area contributed by atoms with Gasteiger partial charge in [0, 0.05) is 36.4 Å². The molecule has 0 spiro atoms.